The predicted molar refractivity (Wildman–Crippen MR) is 167 cm³/mol. The molecular formula is C34H36N2S2. The van der Waals surface area contributed by atoms with E-state index in [1.165, 1.54) is 48.5 Å². The van der Waals surface area contributed by atoms with Gasteiger partial charge in [0.25, 0.3) is 0 Å². The number of nitrogens with zero attached hydrogens (tertiary/aromatic N) is 2. The molecule has 38 heavy (non-hydrogen) atoms. The maximum absolute atomic E-state index is 4.73. The fourth-order valence-electron chi connectivity index (χ4n) is 4.73. The average molecular weight is 537 g/mol. The molecule has 0 bridgehead atoms. The lowest BCUT2D eigenvalue weighted by atomic mass is 9.86. The van der Waals surface area contributed by atoms with Gasteiger partial charge in [0.1, 0.15) is 0 Å². The van der Waals surface area contributed by atoms with Gasteiger partial charge in [-0.2, -0.15) is 0 Å². The molecule has 2 aromatic carbocycles. The van der Waals surface area contributed by atoms with Crippen molar-refractivity contribution in [3.8, 4) is 11.3 Å². The summed E-state index contributed by atoms with van der Waals surface area (Å²) in [7, 11) is 0. The molecule has 4 heteroatoms. The largest absolute Gasteiger partial charge is 0.284 e. The molecule has 6 rings (SSSR count). The Hall–Kier alpha value is -3.08. The topological polar surface area (TPSA) is 25.2 Å². The molecular weight excluding hydrogens is 501 g/mol. The maximum Gasteiger partial charge on any atom is 0.0788 e. The minimum atomic E-state index is 0.195. The zero-order chi connectivity index (χ0) is 26.9. The van der Waals surface area contributed by atoms with Gasteiger partial charge < -0.3 is 0 Å². The summed E-state index contributed by atoms with van der Waals surface area (Å²) in [5.41, 5.74) is 9.15. The smallest absolute Gasteiger partial charge is 0.0788 e. The molecule has 0 unspecified atom stereocenters. The van der Waals surface area contributed by atoms with E-state index in [1.807, 2.05) is 17.5 Å². The summed E-state index contributed by atoms with van der Waals surface area (Å²) in [4.78, 5) is 10.8. The molecule has 3 aromatic heterocycles. The fraction of sp³-hybridized carbons (Fsp3) is 0.294. The molecule has 0 saturated heterocycles. The van der Waals surface area contributed by atoms with Crippen LogP contribution in [0.1, 0.15) is 68.7 Å². The first-order valence-electron chi connectivity index (χ1n) is 13.3. The summed E-state index contributed by atoms with van der Waals surface area (Å²) in [6, 6.07) is 24.1. The standard InChI is InChI=1S/C17H19NS.C17H17NS/c2*1-17(2,3)13-6-4-12(5-7-13)16-14-9-11-19-15(14)8-10-18-16/h4-7,9,11H,8,10H2,1-3H3;4-11H,1-3H3. The normalized spacial score (nSPS) is 13.5. The van der Waals surface area contributed by atoms with E-state index in [9.17, 15) is 0 Å². The van der Waals surface area contributed by atoms with Gasteiger partial charge in [-0.25, -0.2) is 0 Å². The number of thiophene rings is 2. The molecule has 0 aliphatic carbocycles. The fourth-order valence-corrected chi connectivity index (χ4v) is 6.38. The Labute approximate surface area is 235 Å². The number of aromatic nitrogens is 1. The van der Waals surface area contributed by atoms with Gasteiger partial charge in [-0.1, -0.05) is 90.1 Å². The highest BCUT2D eigenvalue weighted by Crippen LogP contribution is 2.31. The minimum Gasteiger partial charge on any atom is -0.284 e. The summed E-state index contributed by atoms with van der Waals surface area (Å²) < 4.78 is 1.30. The number of hydrogen-bond acceptors (Lipinski definition) is 4. The van der Waals surface area contributed by atoms with Gasteiger partial charge in [0.15, 0.2) is 0 Å². The van der Waals surface area contributed by atoms with Crippen LogP contribution in [0.5, 0.6) is 0 Å². The molecule has 0 spiro atoms. The van der Waals surface area contributed by atoms with Crippen LogP contribution in [0.25, 0.3) is 21.3 Å². The van der Waals surface area contributed by atoms with Crippen LogP contribution in [0.15, 0.2) is 88.7 Å². The van der Waals surface area contributed by atoms with Crippen molar-refractivity contribution in [3.63, 3.8) is 0 Å². The number of hydrogen-bond donors (Lipinski definition) is 0. The summed E-state index contributed by atoms with van der Waals surface area (Å²) in [5.74, 6) is 0. The number of benzene rings is 2. The lowest BCUT2D eigenvalue weighted by Crippen LogP contribution is -2.14. The molecule has 4 heterocycles. The molecule has 5 aromatic rings. The zero-order valence-electron chi connectivity index (χ0n) is 23.2. The van der Waals surface area contributed by atoms with Crippen molar-refractivity contribution in [2.75, 3.05) is 6.54 Å². The molecule has 0 amide bonds. The average Bonchev–Trinajstić information content (AvgIpc) is 3.58. The number of rotatable bonds is 2. The molecule has 0 fully saturated rings. The Morgan fingerprint density at radius 3 is 1.89 bits per heavy atom. The Morgan fingerprint density at radius 1 is 0.658 bits per heavy atom. The van der Waals surface area contributed by atoms with Crippen molar-refractivity contribution >= 4 is 38.5 Å². The van der Waals surface area contributed by atoms with Crippen LogP contribution >= 0.6 is 22.7 Å². The minimum absolute atomic E-state index is 0.195. The van der Waals surface area contributed by atoms with Gasteiger partial charge >= 0.3 is 0 Å². The summed E-state index contributed by atoms with van der Waals surface area (Å²) in [6.07, 6.45) is 2.99. The third-order valence-corrected chi connectivity index (χ3v) is 8.90. The van der Waals surface area contributed by atoms with Gasteiger partial charge in [0.05, 0.1) is 11.4 Å². The van der Waals surface area contributed by atoms with Crippen molar-refractivity contribution < 1.29 is 0 Å². The van der Waals surface area contributed by atoms with E-state index < -0.39 is 0 Å². The quantitative estimate of drug-likeness (QED) is 0.220. The van der Waals surface area contributed by atoms with E-state index in [0.29, 0.717) is 0 Å². The first-order valence-corrected chi connectivity index (χ1v) is 15.0. The van der Waals surface area contributed by atoms with Crippen LogP contribution in [0.2, 0.25) is 0 Å². The zero-order valence-corrected chi connectivity index (χ0v) is 24.8. The van der Waals surface area contributed by atoms with Gasteiger partial charge in [-0.15, -0.1) is 22.7 Å². The summed E-state index contributed by atoms with van der Waals surface area (Å²) in [6.45, 7) is 14.4. The lowest BCUT2D eigenvalue weighted by molar-refractivity contribution is 0.590. The third-order valence-electron chi connectivity index (χ3n) is 7.04. The highest BCUT2D eigenvalue weighted by atomic mass is 32.1. The van der Waals surface area contributed by atoms with Crippen LogP contribution in [0.4, 0.5) is 0 Å². The van der Waals surface area contributed by atoms with Crippen LogP contribution < -0.4 is 0 Å². The SMILES string of the molecule is CC(C)(C)c1ccc(-c2nccc3sccc23)cc1.CC(C)(C)c1ccc(C2=NCCc3sccc32)cc1. The highest BCUT2D eigenvalue weighted by molar-refractivity contribution is 7.17. The van der Waals surface area contributed by atoms with Crippen LogP contribution in [-0.4, -0.2) is 17.2 Å². The first-order chi connectivity index (χ1) is 18.1. The van der Waals surface area contributed by atoms with E-state index in [2.05, 4.69) is 124 Å². The van der Waals surface area contributed by atoms with Gasteiger partial charge in [-0.05, 0) is 50.9 Å². The second-order valence-corrected chi connectivity index (χ2v) is 13.8. The van der Waals surface area contributed by atoms with Crippen LogP contribution in [0, 0.1) is 0 Å². The maximum atomic E-state index is 4.73. The molecule has 0 radical (unpaired) electrons. The van der Waals surface area contributed by atoms with Gasteiger partial charge in [-0.3, -0.25) is 9.98 Å². The van der Waals surface area contributed by atoms with Crippen molar-refractivity contribution in [1.29, 1.82) is 0 Å². The molecule has 1 aliphatic rings. The lowest BCUT2D eigenvalue weighted by Gasteiger charge is -2.20. The molecule has 0 saturated carbocycles. The second kappa shape index (κ2) is 10.6. The summed E-state index contributed by atoms with van der Waals surface area (Å²) >= 11 is 3.61. The van der Waals surface area contributed by atoms with E-state index in [0.717, 1.165) is 18.7 Å². The summed E-state index contributed by atoms with van der Waals surface area (Å²) in [5, 5.41) is 5.55. The molecule has 194 valence electrons. The second-order valence-electron chi connectivity index (χ2n) is 11.9. The molecule has 0 N–H and O–H groups in total. The molecule has 0 atom stereocenters. The van der Waals surface area contributed by atoms with Crippen LogP contribution in [-0.2, 0) is 17.3 Å². The Bertz CT molecular complexity index is 1550. The Balaban J connectivity index is 0.000000155. The Morgan fingerprint density at radius 2 is 1.26 bits per heavy atom. The van der Waals surface area contributed by atoms with E-state index >= 15 is 0 Å². The molecule has 1 aliphatic heterocycles. The monoisotopic (exact) mass is 536 g/mol. The number of aliphatic imine (C=N–C) groups is 1. The Kier molecular flexibility index (Phi) is 7.39. The van der Waals surface area contributed by atoms with Crippen LogP contribution in [0.3, 0.4) is 0 Å². The van der Waals surface area contributed by atoms with Crippen molar-refractivity contribution in [2.24, 2.45) is 4.99 Å². The third kappa shape index (κ3) is 5.67. The number of pyridine rings is 1. The molecule has 2 nitrogen and oxygen atoms in total. The predicted octanol–water partition coefficient (Wildman–Crippen LogP) is 9.70. The van der Waals surface area contributed by atoms with E-state index in [1.54, 1.807) is 11.3 Å². The van der Waals surface area contributed by atoms with Gasteiger partial charge in [0.2, 0.25) is 0 Å². The van der Waals surface area contributed by atoms with E-state index in [-0.39, 0.29) is 10.8 Å². The number of fused-ring (bicyclic) bond motifs is 2. The van der Waals surface area contributed by atoms with Crippen molar-refractivity contribution in [1.82, 2.24) is 4.98 Å². The van der Waals surface area contributed by atoms with Crippen molar-refractivity contribution in [3.05, 3.63) is 111 Å². The van der Waals surface area contributed by atoms with Crippen molar-refractivity contribution in [2.45, 2.75) is 58.8 Å². The highest BCUT2D eigenvalue weighted by Gasteiger charge is 2.18. The first kappa shape index (κ1) is 26.5. The van der Waals surface area contributed by atoms with Gasteiger partial charge in [0, 0.05) is 50.8 Å². The van der Waals surface area contributed by atoms with E-state index in [4.69, 9.17) is 4.99 Å².